The summed E-state index contributed by atoms with van der Waals surface area (Å²) in [5.41, 5.74) is 1.19. The molecule has 0 amide bonds. The Hall–Kier alpha value is -2.77. The van der Waals surface area contributed by atoms with Crippen molar-refractivity contribution >= 4 is 5.96 Å². The molecule has 0 atom stereocenters. The summed E-state index contributed by atoms with van der Waals surface area (Å²) in [6, 6.07) is 11.5. The molecule has 0 saturated heterocycles. The molecule has 0 fully saturated rings. The van der Waals surface area contributed by atoms with Gasteiger partial charge in [-0.25, -0.2) is 0 Å². The number of hydrogen-bond acceptors (Lipinski definition) is 3. The number of nitrogens with one attached hydrogen (secondary N) is 2. The number of alkyl halides is 3. The molecule has 0 aliphatic rings. The Bertz CT molecular complexity index is 675. The van der Waals surface area contributed by atoms with Crippen LogP contribution in [0.15, 0.2) is 53.7 Å². The molecule has 8 heteroatoms. The van der Waals surface area contributed by atoms with Crippen LogP contribution in [0.2, 0.25) is 0 Å². The zero-order chi connectivity index (χ0) is 17.4. The van der Waals surface area contributed by atoms with Gasteiger partial charge >= 0.3 is 6.36 Å². The number of halogens is 3. The second-order valence-electron chi connectivity index (χ2n) is 4.76. The van der Waals surface area contributed by atoms with Crippen LogP contribution in [0.5, 0.6) is 5.75 Å². The molecule has 1 aromatic heterocycles. The smallest absolute Gasteiger partial charge is 0.405 e. The molecular weight excluding hydrogens is 321 g/mol. The Kier molecular flexibility index (Phi) is 6.00. The molecule has 0 unspecified atom stereocenters. The maximum atomic E-state index is 12.4. The second kappa shape index (κ2) is 8.19. The normalized spacial score (nSPS) is 11.9. The summed E-state index contributed by atoms with van der Waals surface area (Å²) in [4.78, 5) is 8.19. The van der Waals surface area contributed by atoms with Gasteiger partial charge in [-0.2, -0.15) is 0 Å². The highest BCUT2D eigenvalue weighted by atomic mass is 19.4. The summed E-state index contributed by atoms with van der Waals surface area (Å²) < 4.78 is 41.2. The van der Waals surface area contributed by atoms with Gasteiger partial charge in [-0.15, -0.1) is 13.2 Å². The van der Waals surface area contributed by atoms with Crippen molar-refractivity contribution in [2.45, 2.75) is 19.5 Å². The highest BCUT2D eigenvalue weighted by molar-refractivity contribution is 5.79. The summed E-state index contributed by atoms with van der Waals surface area (Å²) in [5.74, 6) is 0.208. The van der Waals surface area contributed by atoms with Crippen LogP contribution in [0.1, 0.15) is 11.3 Å². The van der Waals surface area contributed by atoms with Gasteiger partial charge in [0.25, 0.3) is 0 Å². The minimum absolute atomic E-state index is 0.133. The minimum Gasteiger partial charge on any atom is -0.405 e. The lowest BCUT2D eigenvalue weighted by Crippen LogP contribution is -2.36. The molecule has 1 heterocycles. The molecule has 0 aliphatic heterocycles. The van der Waals surface area contributed by atoms with Gasteiger partial charge in [0.15, 0.2) is 5.96 Å². The number of ether oxygens (including phenoxy) is 1. The van der Waals surface area contributed by atoms with E-state index in [-0.39, 0.29) is 12.3 Å². The maximum Gasteiger partial charge on any atom is 0.573 e. The van der Waals surface area contributed by atoms with Gasteiger partial charge in [0.2, 0.25) is 0 Å². The molecule has 0 saturated carbocycles. The fraction of sp³-hybridized carbons (Fsp3) is 0.250. The van der Waals surface area contributed by atoms with Crippen LogP contribution in [-0.2, 0) is 13.1 Å². The summed E-state index contributed by atoms with van der Waals surface area (Å²) in [6.07, 6.45) is -3.05. The zero-order valence-corrected chi connectivity index (χ0v) is 13.0. The Labute approximate surface area is 137 Å². The van der Waals surface area contributed by atoms with E-state index in [2.05, 4.69) is 25.3 Å². The summed E-state index contributed by atoms with van der Waals surface area (Å²) >= 11 is 0. The van der Waals surface area contributed by atoms with Crippen LogP contribution in [0.3, 0.4) is 0 Å². The van der Waals surface area contributed by atoms with Crippen molar-refractivity contribution in [2.24, 2.45) is 4.99 Å². The van der Waals surface area contributed by atoms with Gasteiger partial charge in [-0.3, -0.25) is 9.98 Å². The SMILES string of the molecule is CN=C(NCc1ccccn1)NCc1ccccc1OC(F)(F)F. The lowest BCUT2D eigenvalue weighted by atomic mass is 10.2. The van der Waals surface area contributed by atoms with Crippen LogP contribution in [0.25, 0.3) is 0 Å². The number of nitrogens with zero attached hydrogens (tertiary/aromatic N) is 2. The minimum atomic E-state index is -4.73. The largest absolute Gasteiger partial charge is 0.573 e. The molecule has 1 aromatic carbocycles. The number of aromatic nitrogens is 1. The van der Waals surface area contributed by atoms with Gasteiger partial charge in [0, 0.05) is 25.4 Å². The highest BCUT2D eigenvalue weighted by Crippen LogP contribution is 2.25. The summed E-state index contributed by atoms with van der Waals surface area (Å²) in [7, 11) is 1.58. The molecule has 0 radical (unpaired) electrons. The van der Waals surface area contributed by atoms with E-state index in [1.165, 1.54) is 12.1 Å². The van der Waals surface area contributed by atoms with E-state index in [0.29, 0.717) is 18.1 Å². The third-order valence-electron chi connectivity index (χ3n) is 3.03. The number of aliphatic imine (C=N–C) groups is 1. The molecule has 2 rings (SSSR count). The van der Waals surface area contributed by atoms with Crippen LogP contribution < -0.4 is 15.4 Å². The number of hydrogen-bond donors (Lipinski definition) is 2. The summed E-state index contributed by atoms with van der Waals surface area (Å²) in [6.45, 7) is 0.579. The Balaban J connectivity index is 1.94. The maximum absolute atomic E-state index is 12.4. The quantitative estimate of drug-likeness (QED) is 0.650. The van der Waals surface area contributed by atoms with Crippen molar-refractivity contribution in [3.05, 3.63) is 59.9 Å². The molecule has 2 N–H and O–H groups in total. The molecular formula is C16H17F3N4O. The Morgan fingerprint density at radius 3 is 2.46 bits per heavy atom. The predicted molar refractivity (Wildman–Crippen MR) is 84.4 cm³/mol. The third kappa shape index (κ3) is 5.79. The van der Waals surface area contributed by atoms with E-state index in [4.69, 9.17) is 0 Å². The lowest BCUT2D eigenvalue weighted by molar-refractivity contribution is -0.274. The predicted octanol–water partition coefficient (Wildman–Crippen LogP) is 2.85. The van der Waals surface area contributed by atoms with Gasteiger partial charge in [-0.1, -0.05) is 24.3 Å². The van der Waals surface area contributed by atoms with E-state index in [1.54, 1.807) is 25.4 Å². The van der Waals surface area contributed by atoms with Crippen molar-refractivity contribution in [1.29, 1.82) is 0 Å². The fourth-order valence-electron chi connectivity index (χ4n) is 1.95. The zero-order valence-electron chi connectivity index (χ0n) is 13.0. The van der Waals surface area contributed by atoms with E-state index >= 15 is 0 Å². The average molecular weight is 338 g/mol. The highest BCUT2D eigenvalue weighted by Gasteiger charge is 2.31. The van der Waals surface area contributed by atoms with Crippen molar-refractivity contribution < 1.29 is 17.9 Å². The lowest BCUT2D eigenvalue weighted by Gasteiger charge is -2.15. The van der Waals surface area contributed by atoms with E-state index < -0.39 is 6.36 Å². The first-order chi connectivity index (χ1) is 11.5. The van der Waals surface area contributed by atoms with Crippen molar-refractivity contribution in [3.8, 4) is 5.75 Å². The molecule has 0 bridgehead atoms. The topological polar surface area (TPSA) is 58.5 Å². The monoisotopic (exact) mass is 338 g/mol. The van der Waals surface area contributed by atoms with Gasteiger partial charge < -0.3 is 15.4 Å². The van der Waals surface area contributed by atoms with Crippen LogP contribution >= 0.6 is 0 Å². The van der Waals surface area contributed by atoms with E-state index in [1.807, 2.05) is 18.2 Å². The number of guanidine groups is 1. The average Bonchev–Trinajstić information content (AvgIpc) is 2.56. The van der Waals surface area contributed by atoms with Gasteiger partial charge in [0.1, 0.15) is 5.75 Å². The first-order valence-corrected chi connectivity index (χ1v) is 7.16. The van der Waals surface area contributed by atoms with Crippen LogP contribution in [-0.4, -0.2) is 24.4 Å². The Morgan fingerprint density at radius 1 is 1.08 bits per heavy atom. The second-order valence-corrected chi connectivity index (χ2v) is 4.76. The molecule has 0 aliphatic carbocycles. The van der Waals surface area contributed by atoms with Gasteiger partial charge in [-0.05, 0) is 18.2 Å². The molecule has 24 heavy (non-hydrogen) atoms. The molecule has 5 nitrogen and oxygen atoms in total. The third-order valence-corrected chi connectivity index (χ3v) is 3.03. The standard InChI is InChI=1S/C16H17F3N4O/c1-20-15(23-11-13-7-4-5-9-21-13)22-10-12-6-2-3-8-14(12)24-16(17,18)19/h2-9H,10-11H2,1H3,(H2,20,22,23). The number of pyridine rings is 1. The van der Waals surface area contributed by atoms with Crippen molar-refractivity contribution in [1.82, 2.24) is 15.6 Å². The van der Waals surface area contributed by atoms with E-state index in [0.717, 1.165) is 5.69 Å². The first-order valence-electron chi connectivity index (χ1n) is 7.16. The molecule has 0 spiro atoms. The van der Waals surface area contributed by atoms with Crippen LogP contribution in [0.4, 0.5) is 13.2 Å². The molecule has 128 valence electrons. The van der Waals surface area contributed by atoms with Crippen molar-refractivity contribution in [2.75, 3.05) is 7.05 Å². The number of para-hydroxylation sites is 1. The number of rotatable bonds is 5. The summed E-state index contributed by atoms with van der Waals surface area (Å²) in [5, 5.41) is 5.98. The first kappa shape index (κ1) is 17.6. The molecule has 2 aromatic rings. The fourth-order valence-corrected chi connectivity index (χ4v) is 1.95. The van der Waals surface area contributed by atoms with Crippen LogP contribution in [0, 0.1) is 0 Å². The Morgan fingerprint density at radius 2 is 1.79 bits per heavy atom. The van der Waals surface area contributed by atoms with Crippen molar-refractivity contribution in [3.63, 3.8) is 0 Å². The van der Waals surface area contributed by atoms with E-state index in [9.17, 15) is 13.2 Å². The van der Waals surface area contributed by atoms with Gasteiger partial charge in [0.05, 0.1) is 12.2 Å². The number of benzene rings is 1.